The van der Waals surface area contributed by atoms with E-state index < -0.39 is 17.8 Å². The monoisotopic (exact) mass is 271 g/mol. The minimum Gasteiger partial charge on any atom is -0.477 e. The molecule has 100 valence electrons. The zero-order chi connectivity index (χ0) is 14.4. The standard InChI is InChI=1S/C13H9N3O4/c1-6-5-8(10(15-6)13(19)20)16-11(17)7-3-2-4-14-9(7)12(16)18/h2-5,15H,1H3,(H,19,20). The van der Waals surface area contributed by atoms with Crippen molar-refractivity contribution in [2.45, 2.75) is 6.92 Å². The number of nitrogens with zero attached hydrogens (tertiary/aromatic N) is 2. The Morgan fingerprint density at radius 3 is 2.75 bits per heavy atom. The number of carbonyl (C=O) groups is 3. The largest absolute Gasteiger partial charge is 0.477 e. The number of carboxylic acid groups (broad SMARTS) is 1. The Bertz CT molecular complexity index is 728. The summed E-state index contributed by atoms with van der Waals surface area (Å²) in [5, 5.41) is 9.13. The summed E-state index contributed by atoms with van der Waals surface area (Å²) in [6.45, 7) is 1.65. The zero-order valence-corrected chi connectivity index (χ0v) is 10.4. The van der Waals surface area contributed by atoms with Gasteiger partial charge < -0.3 is 10.1 Å². The number of aromatic carboxylic acids is 1. The molecule has 0 saturated heterocycles. The molecule has 20 heavy (non-hydrogen) atoms. The van der Waals surface area contributed by atoms with Gasteiger partial charge in [0.15, 0.2) is 0 Å². The number of anilines is 1. The normalized spacial score (nSPS) is 13.8. The predicted octanol–water partition coefficient (Wildman–Crippen LogP) is 1.22. The van der Waals surface area contributed by atoms with Crippen LogP contribution in [0.25, 0.3) is 0 Å². The van der Waals surface area contributed by atoms with Crippen LogP contribution in [0.15, 0.2) is 24.4 Å². The van der Waals surface area contributed by atoms with E-state index in [0.29, 0.717) is 5.69 Å². The van der Waals surface area contributed by atoms with Crippen molar-refractivity contribution in [3.05, 3.63) is 47.0 Å². The fraction of sp³-hybridized carbons (Fsp3) is 0.0769. The van der Waals surface area contributed by atoms with Crippen molar-refractivity contribution >= 4 is 23.5 Å². The molecule has 0 spiro atoms. The highest BCUT2D eigenvalue weighted by atomic mass is 16.4. The Balaban J connectivity index is 2.17. The maximum Gasteiger partial charge on any atom is 0.354 e. The van der Waals surface area contributed by atoms with E-state index in [1.165, 1.54) is 18.3 Å². The Kier molecular flexibility index (Phi) is 2.43. The number of aromatic amines is 1. The van der Waals surface area contributed by atoms with Crippen LogP contribution in [0.2, 0.25) is 0 Å². The first-order valence-corrected chi connectivity index (χ1v) is 5.77. The van der Waals surface area contributed by atoms with Crippen molar-refractivity contribution in [3.8, 4) is 0 Å². The third-order valence-electron chi connectivity index (χ3n) is 3.03. The predicted molar refractivity (Wildman–Crippen MR) is 67.9 cm³/mol. The van der Waals surface area contributed by atoms with Crippen molar-refractivity contribution in [3.63, 3.8) is 0 Å². The highest BCUT2D eigenvalue weighted by Gasteiger charge is 2.40. The minimum atomic E-state index is -1.24. The van der Waals surface area contributed by atoms with E-state index in [0.717, 1.165) is 4.90 Å². The molecular weight excluding hydrogens is 262 g/mol. The van der Waals surface area contributed by atoms with Gasteiger partial charge in [0.1, 0.15) is 11.4 Å². The summed E-state index contributed by atoms with van der Waals surface area (Å²) in [7, 11) is 0. The van der Waals surface area contributed by atoms with Crippen LogP contribution in [0.3, 0.4) is 0 Å². The Morgan fingerprint density at radius 2 is 2.10 bits per heavy atom. The van der Waals surface area contributed by atoms with Crippen molar-refractivity contribution in [1.82, 2.24) is 9.97 Å². The molecule has 0 fully saturated rings. The van der Waals surface area contributed by atoms with Crippen molar-refractivity contribution in [1.29, 1.82) is 0 Å². The molecule has 1 aliphatic rings. The lowest BCUT2D eigenvalue weighted by molar-refractivity contribution is 0.0692. The number of amides is 2. The first-order chi connectivity index (χ1) is 9.50. The molecule has 0 aliphatic carbocycles. The first kappa shape index (κ1) is 12.1. The lowest BCUT2D eigenvalue weighted by Gasteiger charge is -2.12. The molecule has 7 heteroatoms. The molecule has 2 aromatic rings. The highest BCUT2D eigenvalue weighted by molar-refractivity contribution is 6.34. The molecule has 7 nitrogen and oxygen atoms in total. The average molecular weight is 271 g/mol. The Labute approximate surface area is 112 Å². The molecular formula is C13H9N3O4. The van der Waals surface area contributed by atoms with Crippen LogP contribution in [0.5, 0.6) is 0 Å². The first-order valence-electron chi connectivity index (χ1n) is 5.77. The third-order valence-corrected chi connectivity index (χ3v) is 3.03. The number of carboxylic acids is 1. The summed E-state index contributed by atoms with van der Waals surface area (Å²) < 4.78 is 0. The van der Waals surface area contributed by atoms with Gasteiger partial charge in [-0.15, -0.1) is 0 Å². The van der Waals surface area contributed by atoms with Crippen LogP contribution in [0, 0.1) is 6.92 Å². The van der Waals surface area contributed by atoms with Gasteiger partial charge >= 0.3 is 5.97 Å². The number of hydrogen-bond acceptors (Lipinski definition) is 4. The molecule has 0 atom stereocenters. The van der Waals surface area contributed by atoms with E-state index in [2.05, 4.69) is 9.97 Å². The fourth-order valence-electron chi connectivity index (χ4n) is 2.20. The molecule has 0 bridgehead atoms. The SMILES string of the molecule is Cc1cc(N2C(=O)c3cccnc3C2=O)c(C(=O)O)[nH]1. The van der Waals surface area contributed by atoms with Gasteiger partial charge in [-0.1, -0.05) is 0 Å². The van der Waals surface area contributed by atoms with Gasteiger partial charge in [0.25, 0.3) is 11.8 Å². The summed E-state index contributed by atoms with van der Waals surface area (Å²) in [6, 6.07) is 4.49. The number of imide groups is 1. The average Bonchev–Trinajstić information content (AvgIpc) is 2.90. The summed E-state index contributed by atoms with van der Waals surface area (Å²) >= 11 is 0. The van der Waals surface area contributed by atoms with E-state index >= 15 is 0 Å². The molecule has 1 aliphatic heterocycles. The lowest BCUT2D eigenvalue weighted by atomic mass is 10.2. The zero-order valence-electron chi connectivity index (χ0n) is 10.4. The molecule has 0 saturated carbocycles. The van der Waals surface area contributed by atoms with Gasteiger partial charge in [0, 0.05) is 11.9 Å². The summed E-state index contributed by atoms with van der Waals surface area (Å²) in [6.07, 6.45) is 1.41. The molecule has 2 N–H and O–H groups in total. The van der Waals surface area contributed by atoms with Crippen LogP contribution in [-0.2, 0) is 0 Å². The number of aromatic nitrogens is 2. The molecule has 3 rings (SSSR count). The summed E-state index contributed by atoms with van der Waals surface area (Å²) in [5.74, 6) is -2.43. The van der Waals surface area contributed by atoms with E-state index in [1.54, 1.807) is 13.0 Å². The number of carbonyl (C=O) groups excluding carboxylic acids is 2. The van der Waals surface area contributed by atoms with Gasteiger partial charge in [0.05, 0.1) is 11.3 Å². The van der Waals surface area contributed by atoms with Gasteiger partial charge in [-0.2, -0.15) is 0 Å². The fourth-order valence-corrected chi connectivity index (χ4v) is 2.20. The molecule has 2 amide bonds. The minimum absolute atomic E-state index is 0.0306. The van der Waals surface area contributed by atoms with Crippen molar-refractivity contribution in [2.24, 2.45) is 0 Å². The smallest absolute Gasteiger partial charge is 0.354 e. The number of rotatable bonds is 2. The number of nitrogens with one attached hydrogen (secondary N) is 1. The molecule has 2 aromatic heterocycles. The quantitative estimate of drug-likeness (QED) is 0.799. The molecule has 0 radical (unpaired) electrons. The van der Waals surface area contributed by atoms with Gasteiger partial charge in [-0.3, -0.25) is 14.6 Å². The topological polar surface area (TPSA) is 103 Å². The molecule has 0 aromatic carbocycles. The second kappa shape index (κ2) is 4.02. The van der Waals surface area contributed by atoms with E-state index in [1.807, 2.05) is 0 Å². The summed E-state index contributed by atoms with van der Waals surface area (Å²) in [5.41, 5.74) is 0.585. The van der Waals surface area contributed by atoms with Crippen molar-refractivity contribution < 1.29 is 19.5 Å². The summed E-state index contributed by atoms with van der Waals surface area (Å²) in [4.78, 5) is 43.0. The van der Waals surface area contributed by atoms with Crippen LogP contribution >= 0.6 is 0 Å². The van der Waals surface area contributed by atoms with Crippen LogP contribution < -0.4 is 4.90 Å². The van der Waals surface area contributed by atoms with Crippen LogP contribution in [0.1, 0.15) is 37.0 Å². The van der Waals surface area contributed by atoms with E-state index in [9.17, 15) is 14.4 Å². The van der Waals surface area contributed by atoms with Crippen LogP contribution in [0.4, 0.5) is 5.69 Å². The lowest BCUT2D eigenvalue weighted by Crippen LogP contribution is -2.30. The number of pyridine rings is 1. The second-order valence-electron chi connectivity index (χ2n) is 4.36. The van der Waals surface area contributed by atoms with Gasteiger partial charge in [0.2, 0.25) is 0 Å². The van der Waals surface area contributed by atoms with Crippen molar-refractivity contribution in [2.75, 3.05) is 4.90 Å². The number of fused-ring (bicyclic) bond motifs is 1. The number of aryl methyl sites for hydroxylation is 1. The maximum absolute atomic E-state index is 12.2. The van der Waals surface area contributed by atoms with E-state index in [-0.39, 0.29) is 22.6 Å². The second-order valence-corrected chi connectivity index (χ2v) is 4.36. The Morgan fingerprint density at radius 1 is 1.35 bits per heavy atom. The Hall–Kier alpha value is -2.96. The molecule has 0 unspecified atom stereocenters. The van der Waals surface area contributed by atoms with Gasteiger partial charge in [-0.25, -0.2) is 9.69 Å². The highest BCUT2D eigenvalue weighted by Crippen LogP contribution is 2.30. The number of H-pyrrole nitrogens is 1. The maximum atomic E-state index is 12.2. The van der Waals surface area contributed by atoms with Gasteiger partial charge in [-0.05, 0) is 25.1 Å². The number of hydrogen-bond donors (Lipinski definition) is 2. The van der Waals surface area contributed by atoms with Crippen LogP contribution in [-0.4, -0.2) is 32.9 Å². The third kappa shape index (κ3) is 1.53. The van der Waals surface area contributed by atoms with E-state index in [4.69, 9.17) is 5.11 Å². The molecule has 3 heterocycles.